The van der Waals surface area contributed by atoms with E-state index in [9.17, 15) is 9.59 Å². The number of hydrogen-bond acceptors (Lipinski definition) is 6. The van der Waals surface area contributed by atoms with Crippen molar-refractivity contribution in [1.82, 2.24) is 14.9 Å². The number of nitrogens with one attached hydrogen (secondary N) is 1. The molecule has 31 heavy (non-hydrogen) atoms. The number of fused-ring (bicyclic) bond motifs is 1. The zero-order chi connectivity index (χ0) is 21.8. The van der Waals surface area contributed by atoms with Crippen LogP contribution in [0.2, 0.25) is 5.02 Å². The molecular formula is C23H24ClN5O2. The summed E-state index contributed by atoms with van der Waals surface area (Å²) in [6, 6.07) is 9.49. The highest BCUT2D eigenvalue weighted by atomic mass is 35.5. The number of amides is 1. The number of nitrogens with zero attached hydrogens (tertiary/aromatic N) is 3. The molecule has 8 heteroatoms. The molecule has 0 radical (unpaired) electrons. The lowest BCUT2D eigenvalue weighted by Gasteiger charge is -2.17. The molecule has 1 amide bonds. The van der Waals surface area contributed by atoms with Gasteiger partial charge in [-0.25, -0.2) is 9.97 Å². The molecule has 1 aromatic carbocycles. The lowest BCUT2D eigenvalue weighted by Crippen LogP contribution is -2.30. The van der Waals surface area contributed by atoms with Gasteiger partial charge in [0.1, 0.15) is 11.6 Å². The van der Waals surface area contributed by atoms with Gasteiger partial charge in [-0.05, 0) is 35.9 Å². The zero-order valence-corrected chi connectivity index (χ0v) is 17.9. The van der Waals surface area contributed by atoms with E-state index >= 15 is 0 Å². The minimum absolute atomic E-state index is 0.0379. The molecule has 4 rings (SSSR count). The molecule has 3 aromatic rings. The summed E-state index contributed by atoms with van der Waals surface area (Å²) in [5.41, 5.74) is 7.42. The van der Waals surface area contributed by atoms with E-state index in [4.69, 9.17) is 17.3 Å². The third-order valence-corrected chi connectivity index (χ3v) is 5.71. The Hall–Kier alpha value is -3.19. The number of likely N-dealkylation sites (tertiary alicyclic amines) is 1. The number of Topliss-reactive ketones (excluding diaryl/α,β-unsaturated/α-hetero) is 1. The van der Waals surface area contributed by atoms with Crippen molar-refractivity contribution >= 4 is 45.7 Å². The van der Waals surface area contributed by atoms with Crippen LogP contribution in [0.1, 0.15) is 35.2 Å². The predicted molar refractivity (Wildman–Crippen MR) is 122 cm³/mol. The van der Waals surface area contributed by atoms with Crippen LogP contribution in [-0.2, 0) is 11.2 Å². The number of benzene rings is 1. The molecule has 0 aliphatic carbocycles. The van der Waals surface area contributed by atoms with E-state index in [1.165, 1.54) is 6.20 Å². The number of nitrogens with two attached hydrogens (primary N) is 1. The molecule has 1 aliphatic heterocycles. The van der Waals surface area contributed by atoms with Crippen LogP contribution in [0.4, 0.5) is 11.6 Å². The molecule has 1 saturated heterocycles. The quantitative estimate of drug-likeness (QED) is 0.521. The molecule has 0 atom stereocenters. The first-order chi connectivity index (χ1) is 15.0. The van der Waals surface area contributed by atoms with Gasteiger partial charge >= 0.3 is 0 Å². The van der Waals surface area contributed by atoms with E-state index in [0.29, 0.717) is 54.6 Å². The van der Waals surface area contributed by atoms with Crippen LogP contribution >= 0.6 is 11.6 Å². The van der Waals surface area contributed by atoms with Crippen molar-refractivity contribution in [3.63, 3.8) is 0 Å². The van der Waals surface area contributed by atoms with Crippen molar-refractivity contribution in [2.24, 2.45) is 0 Å². The van der Waals surface area contributed by atoms with E-state index in [0.717, 1.165) is 29.3 Å². The third-order valence-electron chi connectivity index (χ3n) is 5.50. The van der Waals surface area contributed by atoms with Gasteiger partial charge in [0.15, 0.2) is 5.78 Å². The van der Waals surface area contributed by atoms with Crippen LogP contribution in [0.25, 0.3) is 10.8 Å². The number of pyridine rings is 2. The van der Waals surface area contributed by atoms with E-state index in [2.05, 4.69) is 15.3 Å². The molecule has 160 valence electrons. The first-order valence-corrected chi connectivity index (χ1v) is 10.7. The predicted octanol–water partition coefficient (Wildman–Crippen LogP) is 3.72. The molecule has 0 spiro atoms. The van der Waals surface area contributed by atoms with E-state index in [-0.39, 0.29) is 11.7 Å². The maximum absolute atomic E-state index is 12.9. The van der Waals surface area contributed by atoms with E-state index in [1.807, 2.05) is 29.2 Å². The second-order valence-electron chi connectivity index (χ2n) is 7.64. The maximum Gasteiger partial charge on any atom is 0.222 e. The minimum Gasteiger partial charge on any atom is -0.383 e. The first-order valence-electron chi connectivity index (χ1n) is 10.3. The molecule has 0 bridgehead atoms. The Kier molecular flexibility index (Phi) is 6.32. The molecule has 1 fully saturated rings. The number of aromatic nitrogens is 2. The third kappa shape index (κ3) is 4.94. The average molecular weight is 438 g/mol. The number of carbonyl (C=O) groups excluding carboxylic acids is 2. The zero-order valence-electron chi connectivity index (χ0n) is 17.1. The SMILES string of the molecule is Nc1nccc2cc(CCC(=O)c3cc(Cl)cnc3NCCN3CCCC3=O)ccc12. The molecule has 1 aliphatic rings. The fourth-order valence-corrected chi connectivity index (χ4v) is 4.00. The minimum atomic E-state index is -0.0379. The number of aryl methyl sites for hydroxylation is 1. The highest BCUT2D eigenvalue weighted by Gasteiger charge is 2.20. The van der Waals surface area contributed by atoms with Gasteiger partial charge in [-0.1, -0.05) is 29.8 Å². The molecule has 0 saturated carbocycles. The summed E-state index contributed by atoms with van der Waals surface area (Å²) in [6.07, 6.45) is 5.63. The van der Waals surface area contributed by atoms with Crippen LogP contribution < -0.4 is 11.1 Å². The van der Waals surface area contributed by atoms with Crippen molar-refractivity contribution in [2.45, 2.75) is 25.7 Å². The van der Waals surface area contributed by atoms with Gasteiger partial charge in [0.05, 0.1) is 10.6 Å². The summed E-state index contributed by atoms with van der Waals surface area (Å²) in [4.78, 5) is 34.9. The number of nitrogen functional groups attached to an aromatic ring is 1. The fraction of sp³-hybridized carbons (Fsp3) is 0.304. The number of anilines is 2. The summed E-state index contributed by atoms with van der Waals surface area (Å²) in [7, 11) is 0. The molecule has 7 nitrogen and oxygen atoms in total. The number of halogens is 1. The largest absolute Gasteiger partial charge is 0.383 e. The Morgan fingerprint density at radius 3 is 2.90 bits per heavy atom. The van der Waals surface area contributed by atoms with Crippen LogP contribution in [0.3, 0.4) is 0 Å². The van der Waals surface area contributed by atoms with Crippen molar-refractivity contribution in [2.75, 3.05) is 30.7 Å². The van der Waals surface area contributed by atoms with Crippen molar-refractivity contribution in [3.05, 3.63) is 58.9 Å². The molecule has 0 unspecified atom stereocenters. The highest BCUT2D eigenvalue weighted by molar-refractivity contribution is 6.31. The summed E-state index contributed by atoms with van der Waals surface area (Å²) >= 11 is 6.10. The summed E-state index contributed by atoms with van der Waals surface area (Å²) in [5, 5.41) is 5.51. The Morgan fingerprint density at radius 2 is 2.10 bits per heavy atom. The second kappa shape index (κ2) is 9.31. The summed E-state index contributed by atoms with van der Waals surface area (Å²) in [5.74, 6) is 1.13. The average Bonchev–Trinajstić information content (AvgIpc) is 3.17. The Labute approximate surface area is 185 Å². The van der Waals surface area contributed by atoms with Crippen molar-refractivity contribution in [3.8, 4) is 0 Å². The lowest BCUT2D eigenvalue weighted by molar-refractivity contribution is -0.127. The van der Waals surface area contributed by atoms with Gasteiger partial charge in [0.25, 0.3) is 0 Å². The molecular weight excluding hydrogens is 414 g/mol. The smallest absolute Gasteiger partial charge is 0.222 e. The Balaban J connectivity index is 1.41. The lowest BCUT2D eigenvalue weighted by atomic mass is 10.0. The van der Waals surface area contributed by atoms with Crippen molar-refractivity contribution < 1.29 is 9.59 Å². The van der Waals surface area contributed by atoms with E-state index < -0.39 is 0 Å². The Bertz CT molecular complexity index is 1130. The van der Waals surface area contributed by atoms with Crippen LogP contribution in [0.15, 0.2) is 42.7 Å². The molecule has 3 N–H and O–H groups in total. The summed E-state index contributed by atoms with van der Waals surface area (Å²) in [6.45, 7) is 1.90. The monoisotopic (exact) mass is 437 g/mol. The van der Waals surface area contributed by atoms with Gasteiger partial charge < -0.3 is 16.0 Å². The first kappa shape index (κ1) is 21.1. The van der Waals surface area contributed by atoms with Gasteiger partial charge in [0.2, 0.25) is 5.91 Å². The maximum atomic E-state index is 12.9. The van der Waals surface area contributed by atoms with Gasteiger partial charge in [-0.15, -0.1) is 0 Å². The fourth-order valence-electron chi connectivity index (χ4n) is 3.84. The van der Waals surface area contributed by atoms with E-state index in [1.54, 1.807) is 12.3 Å². The van der Waals surface area contributed by atoms with Crippen LogP contribution in [-0.4, -0.2) is 46.2 Å². The van der Waals surface area contributed by atoms with Gasteiger partial charge in [-0.3, -0.25) is 9.59 Å². The molecule has 3 heterocycles. The van der Waals surface area contributed by atoms with Gasteiger partial charge in [-0.2, -0.15) is 0 Å². The normalized spacial score (nSPS) is 13.7. The van der Waals surface area contributed by atoms with Crippen molar-refractivity contribution in [1.29, 1.82) is 0 Å². The number of rotatable bonds is 8. The Morgan fingerprint density at radius 1 is 1.23 bits per heavy atom. The van der Waals surface area contributed by atoms with Crippen LogP contribution in [0, 0.1) is 0 Å². The number of hydrogen-bond donors (Lipinski definition) is 2. The second-order valence-corrected chi connectivity index (χ2v) is 8.07. The summed E-state index contributed by atoms with van der Waals surface area (Å²) < 4.78 is 0. The highest BCUT2D eigenvalue weighted by Crippen LogP contribution is 2.23. The van der Waals surface area contributed by atoms with Crippen LogP contribution in [0.5, 0.6) is 0 Å². The van der Waals surface area contributed by atoms with Gasteiger partial charge in [0, 0.05) is 50.3 Å². The molecule has 2 aromatic heterocycles. The number of carbonyl (C=O) groups is 2. The topological polar surface area (TPSA) is 101 Å². The standard InChI is InChI=1S/C23H24ClN5O2/c24-17-13-19(23(28-14-17)27-9-11-29-10-1-2-21(29)31)20(30)6-4-15-3-5-18-16(12-15)7-8-26-22(18)25/h3,5,7-8,12-14H,1-2,4,6,9-11H2,(H2,25,26)(H,27,28). The number of ketones is 1.